The minimum Gasteiger partial charge on any atom is -0.463 e. The number of carbonyl (C=O) groups excluding carboxylic acids is 2. The molecule has 0 bridgehead atoms. The Hall–Kier alpha value is -1.52. The molecule has 1 amide bonds. The topological polar surface area (TPSA) is 64.6 Å². The molecule has 0 saturated carbocycles. The van der Waals surface area contributed by atoms with Crippen LogP contribution in [0.5, 0.6) is 0 Å². The van der Waals surface area contributed by atoms with Crippen molar-refractivity contribution in [1.82, 2.24) is 5.32 Å². The van der Waals surface area contributed by atoms with Crippen LogP contribution in [0.2, 0.25) is 0 Å². The maximum atomic E-state index is 10.7. The summed E-state index contributed by atoms with van der Waals surface area (Å²) in [6.45, 7) is 3.99. The maximum absolute atomic E-state index is 10.7. The molecule has 0 saturated heterocycles. The van der Waals surface area contributed by atoms with Gasteiger partial charge in [0.1, 0.15) is 0 Å². The standard InChI is InChI=1S/C8H13NO4/c1-3-12-7(10)5-6-9-8(11)13-4-2/h5-6H,3-4H2,1-2H3,(H,9,11)/b6-5-. The highest BCUT2D eigenvalue weighted by Gasteiger charge is 1.96. The van der Waals surface area contributed by atoms with Crippen LogP contribution in [-0.4, -0.2) is 25.3 Å². The van der Waals surface area contributed by atoms with Crippen LogP contribution in [-0.2, 0) is 14.3 Å². The number of hydrogen-bond donors (Lipinski definition) is 1. The van der Waals surface area contributed by atoms with E-state index >= 15 is 0 Å². The van der Waals surface area contributed by atoms with Gasteiger partial charge < -0.3 is 9.47 Å². The second kappa shape index (κ2) is 7.15. The minimum absolute atomic E-state index is 0.291. The quantitative estimate of drug-likeness (QED) is 0.522. The lowest BCUT2D eigenvalue weighted by Gasteiger charge is -1.99. The average molecular weight is 187 g/mol. The highest BCUT2D eigenvalue weighted by Crippen LogP contribution is 1.80. The third-order valence-corrected chi connectivity index (χ3v) is 0.983. The first-order chi connectivity index (χ1) is 6.20. The van der Waals surface area contributed by atoms with Crippen LogP contribution in [0.15, 0.2) is 12.3 Å². The van der Waals surface area contributed by atoms with Crippen molar-refractivity contribution in [2.24, 2.45) is 0 Å². The third-order valence-electron chi connectivity index (χ3n) is 0.983. The van der Waals surface area contributed by atoms with Crippen molar-refractivity contribution in [3.63, 3.8) is 0 Å². The monoisotopic (exact) mass is 187 g/mol. The fourth-order valence-electron chi connectivity index (χ4n) is 0.541. The first kappa shape index (κ1) is 11.5. The molecule has 74 valence electrons. The Balaban J connectivity index is 3.61. The SMILES string of the molecule is CCOC(=O)/C=C\NC(=O)OCC. The van der Waals surface area contributed by atoms with Crippen LogP contribution in [0.1, 0.15) is 13.8 Å². The van der Waals surface area contributed by atoms with Crippen LogP contribution in [0.4, 0.5) is 4.79 Å². The van der Waals surface area contributed by atoms with Gasteiger partial charge in [-0.3, -0.25) is 5.32 Å². The van der Waals surface area contributed by atoms with E-state index in [-0.39, 0.29) is 0 Å². The Labute approximate surface area is 76.7 Å². The zero-order chi connectivity index (χ0) is 10.1. The molecule has 0 rings (SSSR count). The van der Waals surface area contributed by atoms with Gasteiger partial charge >= 0.3 is 12.1 Å². The van der Waals surface area contributed by atoms with Gasteiger partial charge in [-0.05, 0) is 13.8 Å². The number of ether oxygens (including phenoxy) is 2. The number of alkyl carbamates (subject to hydrolysis) is 1. The highest BCUT2D eigenvalue weighted by atomic mass is 16.5. The predicted molar refractivity (Wildman–Crippen MR) is 45.9 cm³/mol. The van der Waals surface area contributed by atoms with Gasteiger partial charge in [-0.2, -0.15) is 0 Å². The van der Waals surface area contributed by atoms with Crippen LogP contribution in [0.25, 0.3) is 0 Å². The average Bonchev–Trinajstić information content (AvgIpc) is 2.05. The van der Waals surface area contributed by atoms with Crippen LogP contribution < -0.4 is 5.32 Å². The molecule has 0 atom stereocenters. The number of esters is 1. The molecule has 0 aliphatic rings. The Bertz CT molecular complexity index is 200. The molecule has 0 aliphatic heterocycles. The zero-order valence-electron chi connectivity index (χ0n) is 7.70. The van der Waals surface area contributed by atoms with Crippen molar-refractivity contribution >= 4 is 12.1 Å². The van der Waals surface area contributed by atoms with E-state index in [0.29, 0.717) is 13.2 Å². The van der Waals surface area contributed by atoms with Gasteiger partial charge in [0.25, 0.3) is 0 Å². The highest BCUT2D eigenvalue weighted by molar-refractivity contribution is 5.82. The molecule has 0 radical (unpaired) electrons. The smallest absolute Gasteiger partial charge is 0.411 e. The molecule has 0 spiro atoms. The molecule has 0 aliphatic carbocycles. The molecule has 0 unspecified atom stereocenters. The van der Waals surface area contributed by atoms with Crippen molar-refractivity contribution in [2.45, 2.75) is 13.8 Å². The van der Waals surface area contributed by atoms with Crippen molar-refractivity contribution in [2.75, 3.05) is 13.2 Å². The molecule has 0 fully saturated rings. The predicted octanol–water partition coefficient (Wildman–Crippen LogP) is 0.809. The molecule has 13 heavy (non-hydrogen) atoms. The summed E-state index contributed by atoms with van der Waals surface area (Å²) in [6, 6.07) is 0. The van der Waals surface area contributed by atoms with Gasteiger partial charge in [0, 0.05) is 12.3 Å². The lowest BCUT2D eigenvalue weighted by molar-refractivity contribution is -0.137. The summed E-state index contributed by atoms with van der Waals surface area (Å²) in [5.74, 6) is -0.501. The first-order valence-electron chi connectivity index (χ1n) is 3.97. The summed E-state index contributed by atoms with van der Waals surface area (Å²) in [5, 5.41) is 2.23. The lowest BCUT2D eigenvalue weighted by atomic mass is 10.6. The van der Waals surface area contributed by atoms with Crippen molar-refractivity contribution < 1.29 is 19.1 Å². The molecule has 5 nitrogen and oxygen atoms in total. The van der Waals surface area contributed by atoms with Crippen LogP contribution in [0, 0.1) is 0 Å². The summed E-state index contributed by atoms with van der Waals surface area (Å²) >= 11 is 0. The summed E-state index contributed by atoms with van der Waals surface area (Å²) in [6.07, 6.45) is 1.69. The summed E-state index contributed by atoms with van der Waals surface area (Å²) in [7, 11) is 0. The molecule has 0 heterocycles. The number of rotatable bonds is 4. The molecule has 0 aromatic heterocycles. The van der Waals surface area contributed by atoms with Gasteiger partial charge in [0.15, 0.2) is 0 Å². The third kappa shape index (κ3) is 6.86. The summed E-state index contributed by atoms with van der Waals surface area (Å²) < 4.78 is 9.10. The number of carbonyl (C=O) groups is 2. The van der Waals surface area contributed by atoms with Crippen LogP contribution in [0.3, 0.4) is 0 Å². The van der Waals surface area contributed by atoms with Crippen molar-refractivity contribution in [3.8, 4) is 0 Å². The van der Waals surface area contributed by atoms with E-state index in [4.69, 9.17) is 0 Å². The summed E-state index contributed by atoms with van der Waals surface area (Å²) in [5.41, 5.74) is 0. The molecule has 1 N–H and O–H groups in total. The maximum Gasteiger partial charge on any atom is 0.411 e. The first-order valence-corrected chi connectivity index (χ1v) is 3.97. The number of nitrogens with one attached hydrogen (secondary N) is 1. The van der Waals surface area contributed by atoms with E-state index in [1.165, 1.54) is 6.20 Å². The molecular weight excluding hydrogens is 174 g/mol. The molecular formula is C8H13NO4. The van der Waals surface area contributed by atoms with E-state index in [0.717, 1.165) is 6.08 Å². The normalized spacial score (nSPS) is 9.69. The Morgan fingerprint density at radius 1 is 1.23 bits per heavy atom. The van der Waals surface area contributed by atoms with Gasteiger partial charge in [-0.15, -0.1) is 0 Å². The Kier molecular flexibility index (Phi) is 6.31. The second-order valence-corrected chi connectivity index (χ2v) is 1.95. The molecule has 0 aromatic carbocycles. The Morgan fingerprint density at radius 2 is 1.85 bits per heavy atom. The van der Waals surface area contributed by atoms with E-state index in [2.05, 4.69) is 14.8 Å². The Morgan fingerprint density at radius 3 is 2.38 bits per heavy atom. The molecule has 0 aromatic rings. The lowest BCUT2D eigenvalue weighted by Crippen LogP contribution is -2.18. The number of hydrogen-bond acceptors (Lipinski definition) is 4. The van der Waals surface area contributed by atoms with Gasteiger partial charge in [0.2, 0.25) is 0 Å². The van der Waals surface area contributed by atoms with Crippen molar-refractivity contribution in [1.29, 1.82) is 0 Å². The van der Waals surface area contributed by atoms with Crippen molar-refractivity contribution in [3.05, 3.63) is 12.3 Å². The second-order valence-electron chi connectivity index (χ2n) is 1.95. The fourth-order valence-corrected chi connectivity index (χ4v) is 0.541. The summed E-state index contributed by atoms with van der Waals surface area (Å²) in [4.78, 5) is 21.3. The molecule has 5 heteroatoms. The number of amides is 1. The largest absolute Gasteiger partial charge is 0.463 e. The van der Waals surface area contributed by atoms with E-state index in [9.17, 15) is 9.59 Å². The van der Waals surface area contributed by atoms with E-state index in [1.54, 1.807) is 13.8 Å². The van der Waals surface area contributed by atoms with Gasteiger partial charge in [-0.1, -0.05) is 0 Å². The minimum atomic E-state index is -0.594. The van der Waals surface area contributed by atoms with Gasteiger partial charge in [-0.25, -0.2) is 9.59 Å². The zero-order valence-corrected chi connectivity index (χ0v) is 7.70. The van der Waals surface area contributed by atoms with E-state index < -0.39 is 12.1 Å². The fraction of sp³-hybridized carbons (Fsp3) is 0.500. The van der Waals surface area contributed by atoms with E-state index in [1.807, 2.05) is 0 Å². The van der Waals surface area contributed by atoms with Gasteiger partial charge in [0.05, 0.1) is 13.2 Å². The van der Waals surface area contributed by atoms with Crippen LogP contribution >= 0.6 is 0 Å².